The third kappa shape index (κ3) is 3.65. The summed E-state index contributed by atoms with van der Waals surface area (Å²) in [6.45, 7) is 3.64. The molecule has 1 saturated heterocycles. The molecule has 1 aliphatic heterocycles. The highest BCUT2D eigenvalue weighted by Crippen LogP contribution is 2.44. The van der Waals surface area contributed by atoms with Crippen LogP contribution < -0.4 is 4.90 Å². The van der Waals surface area contributed by atoms with Gasteiger partial charge in [0.05, 0.1) is 22.2 Å². The highest BCUT2D eigenvalue weighted by atomic mass is 35.5. The number of anilines is 1. The summed E-state index contributed by atoms with van der Waals surface area (Å²) in [7, 11) is 0. The summed E-state index contributed by atoms with van der Waals surface area (Å²) in [5, 5.41) is 22.8. The minimum absolute atomic E-state index is 0.128. The molecule has 1 N–H and O–H groups in total. The van der Waals surface area contributed by atoms with Crippen LogP contribution in [0.1, 0.15) is 27.7 Å². The van der Waals surface area contributed by atoms with Crippen LogP contribution in [0.3, 0.4) is 0 Å². The quantitative estimate of drug-likeness (QED) is 0.190. The maximum atomic E-state index is 13.1. The monoisotopic (exact) mass is 469 g/mol. The fourth-order valence-electron chi connectivity index (χ4n) is 3.45. The molecule has 0 bridgehead atoms. The summed E-state index contributed by atoms with van der Waals surface area (Å²) in [6, 6.07) is 10.7. The molecule has 32 heavy (non-hydrogen) atoms. The van der Waals surface area contributed by atoms with E-state index in [1.807, 2.05) is 6.92 Å². The molecule has 3 aromatic rings. The van der Waals surface area contributed by atoms with Crippen molar-refractivity contribution < 1.29 is 19.6 Å². The van der Waals surface area contributed by atoms with Crippen molar-refractivity contribution in [2.45, 2.75) is 19.9 Å². The average Bonchev–Trinajstić information content (AvgIpc) is 3.23. The second-order valence-electron chi connectivity index (χ2n) is 7.16. The number of aliphatic hydroxyl groups excluding tert-OH is 1. The molecular weight excluding hydrogens is 454 g/mol. The lowest BCUT2D eigenvalue weighted by molar-refractivity contribution is -0.384. The number of hydrogen-bond acceptors (Lipinski definition) is 7. The molecule has 0 aliphatic carbocycles. The van der Waals surface area contributed by atoms with E-state index in [0.29, 0.717) is 27.0 Å². The Labute approximate surface area is 191 Å². The Hall–Kier alpha value is -3.56. The highest BCUT2D eigenvalue weighted by Gasteiger charge is 2.48. The van der Waals surface area contributed by atoms with Gasteiger partial charge in [-0.3, -0.25) is 24.6 Å². The molecule has 1 amide bonds. The van der Waals surface area contributed by atoms with Crippen LogP contribution in [-0.4, -0.2) is 26.7 Å². The average molecular weight is 470 g/mol. The number of halogens is 1. The van der Waals surface area contributed by atoms with Gasteiger partial charge >= 0.3 is 5.91 Å². The molecule has 10 heteroatoms. The fourth-order valence-corrected chi connectivity index (χ4v) is 4.51. The second kappa shape index (κ2) is 8.18. The standard InChI is InChI=1S/C22H16ClN3O5S/c1-11-12(2)32-22(24-11)25-18(13-5-9-16(10-6-13)26(30)31)17(20(28)21(25)29)19(27)14-3-7-15(23)8-4-14/h3-10,18,27H,1-2H3. The number of rotatable bonds is 4. The van der Waals surface area contributed by atoms with E-state index in [0.717, 1.165) is 4.88 Å². The van der Waals surface area contributed by atoms with Crippen molar-refractivity contribution in [2.75, 3.05) is 4.90 Å². The summed E-state index contributed by atoms with van der Waals surface area (Å²) in [5.41, 5.74) is 1.19. The number of carbonyl (C=O) groups excluding carboxylic acids is 2. The summed E-state index contributed by atoms with van der Waals surface area (Å²) < 4.78 is 0. The SMILES string of the molecule is Cc1nc(N2C(=O)C(=O)C(=C(O)c3ccc(Cl)cc3)C2c2ccc([N+](=O)[O-])cc2)sc1C. The van der Waals surface area contributed by atoms with Crippen molar-refractivity contribution in [1.29, 1.82) is 0 Å². The molecule has 1 fully saturated rings. The van der Waals surface area contributed by atoms with Gasteiger partial charge in [0.1, 0.15) is 5.76 Å². The molecule has 0 radical (unpaired) electrons. The predicted octanol–water partition coefficient (Wildman–Crippen LogP) is 4.95. The molecule has 1 aliphatic rings. The molecular formula is C22H16ClN3O5S. The van der Waals surface area contributed by atoms with Crippen molar-refractivity contribution in [3.05, 3.63) is 90.9 Å². The predicted molar refractivity (Wildman–Crippen MR) is 121 cm³/mol. The van der Waals surface area contributed by atoms with Gasteiger partial charge < -0.3 is 5.11 Å². The number of aliphatic hydroxyl groups is 1. The minimum atomic E-state index is -1.00. The zero-order chi connectivity index (χ0) is 23.2. The summed E-state index contributed by atoms with van der Waals surface area (Å²) >= 11 is 7.17. The van der Waals surface area contributed by atoms with E-state index in [-0.39, 0.29) is 17.0 Å². The van der Waals surface area contributed by atoms with Gasteiger partial charge in [-0.1, -0.05) is 11.6 Å². The first kappa shape index (κ1) is 21.7. The van der Waals surface area contributed by atoms with E-state index in [4.69, 9.17) is 11.6 Å². The molecule has 8 nitrogen and oxygen atoms in total. The number of aryl methyl sites for hydroxylation is 2. The van der Waals surface area contributed by atoms with Crippen LogP contribution in [0.15, 0.2) is 54.1 Å². The highest BCUT2D eigenvalue weighted by molar-refractivity contribution is 7.16. The van der Waals surface area contributed by atoms with Crippen LogP contribution in [-0.2, 0) is 9.59 Å². The van der Waals surface area contributed by atoms with E-state index in [1.54, 1.807) is 19.1 Å². The second-order valence-corrected chi connectivity index (χ2v) is 8.78. The van der Waals surface area contributed by atoms with Gasteiger partial charge in [0.15, 0.2) is 5.13 Å². The van der Waals surface area contributed by atoms with Crippen LogP contribution in [0.25, 0.3) is 5.76 Å². The smallest absolute Gasteiger partial charge is 0.301 e. The van der Waals surface area contributed by atoms with Crippen LogP contribution >= 0.6 is 22.9 Å². The number of nitrogens with zero attached hydrogens (tertiary/aromatic N) is 3. The normalized spacial score (nSPS) is 17.7. The zero-order valence-corrected chi connectivity index (χ0v) is 18.5. The Balaban J connectivity index is 1.93. The number of nitro groups is 1. The van der Waals surface area contributed by atoms with Gasteiger partial charge in [-0.25, -0.2) is 4.98 Å². The molecule has 1 unspecified atom stereocenters. The molecule has 1 aromatic heterocycles. The number of Topliss-reactive ketones (excluding diaryl/α,β-unsaturated/α-hetero) is 1. The number of aromatic nitrogens is 1. The van der Waals surface area contributed by atoms with Gasteiger partial charge in [-0.2, -0.15) is 0 Å². The van der Waals surface area contributed by atoms with Gasteiger partial charge in [0.2, 0.25) is 0 Å². The Morgan fingerprint density at radius 3 is 2.28 bits per heavy atom. The molecule has 162 valence electrons. The van der Waals surface area contributed by atoms with Crippen molar-refractivity contribution in [1.82, 2.24) is 4.98 Å². The maximum Gasteiger partial charge on any atom is 0.301 e. The molecule has 1 atom stereocenters. The zero-order valence-electron chi connectivity index (χ0n) is 16.9. The Morgan fingerprint density at radius 2 is 1.75 bits per heavy atom. The van der Waals surface area contributed by atoms with Crippen LogP contribution in [0.4, 0.5) is 10.8 Å². The number of nitro benzene ring substituents is 1. The lowest BCUT2D eigenvalue weighted by Crippen LogP contribution is -2.29. The van der Waals surface area contributed by atoms with Gasteiger partial charge in [-0.15, -0.1) is 11.3 Å². The van der Waals surface area contributed by atoms with Gasteiger partial charge in [0.25, 0.3) is 11.5 Å². The molecule has 4 rings (SSSR count). The van der Waals surface area contributed by atoms with Crippen LogP contribution in [0, 0.1) is 24.0 Å². The largest absolute Gasteiger partial charge is 0.507 e. The summed E-state index contributed by atoms with van der Waals surface area (Å²) in [4.78, 5) is 43.2. The van der Waals surface area contributed by atoms with Crippen molar-refractivity contribution in [2.24, 2.45) is 0 Å². The number of amides is 1. The first-order valence-electron chi connectivity index (χ1n) is 9.44. The molecule has 0 saturated carbocycles. The Morgan fingerprint density at radius 1 is 1.12 bits per heavy atom. The first-order chi connectivity index (χ1) is 15.2. The summed E-state index contributed by atoms with van der Waals surface area (Å²) in [5.74, 6) is -2.07. The minimum Gasteiger partial charge on any atom is -0.507 e. The number of hydrogen-bond donors (Lipinski definition) is 1. The van der Waals surface area contributed by atoms with E-state index in [2.05, 4.69) is 4.98 Å². The number of non-ortho nitro benzene ring substituents is 1. The third-order valence-corrected chi connectivity index (χ3v) is 6.53. The number of thiazole rings is 1. The topological polar surface area (TPSA) is 114 Å². The van der Waals surface area contributed by atoms with Crippen LogP contribution in [0.2, 0.25) is 5.02 Å². The number of carbonyl (C=O) groups is 2. The first-order valence-corrected chi connectivity index (χ1v) is 10.6. The van der Waals surface area contributed by atoms with Crippen molar-refractivity contribution in [3.8, 4) is 0 Å². The Kier molecular flexibility index (Phi) is 5.53. The van der Waals surface area contributed by atoms with Crippen molar-refractivity contribution in [3.63, 3.8) is 0 Å². The van der Waals surface area contributed by atoms with Gasteiger partial charge in [-0.05, 0) is 55.8 Å². The summed E-state index contributed by atoms with van der Waals surface area (Å²) in [6.07, 6.45) is 0. The maximum absolute atomic E-state index is 13.1. The van der Waals surface area contributed by atoms with Crippen molar-refractivity contribution >= 4 is 51.2 Å². The lowest BCUT2D eigenvalue weighted by Gasteiger charge is -2.23. The van der Waals surface area contributed by atoms with E-state index < -0.39 is 22.7 Å². The Bertz CT molecular complexity index is 1260. The number of ketones is 1. The van der Waals surface area contributed by atoms with Gasteiger partial charge in [0, 0.05) is 27.6 Å². The van der Waals surface area contributed by atoms with Crippen LogP contribution in [0.5, 0.6) is 0 Å². The van der Waals surface area contributed by atoms with E-state index in [1.165, 1.54) is 52.6 Å². The van der Waals surface area contributed by atoms with E-state index >= 15 is 0 Å². The molecule has 0 spiro atoms. The lowest BCUT2D eigenvalue weighted by atomic mass is 9.95. The van der Waals surface area contributed by atoms with E-state index in [9.17, 15) is 24.8 Å². The fraction of sp³-hybridized carbons (Fsp3) is 0.136. The molecule has 2 heterocycles. The molecule has 2 aromatic carbocycles. The third-order valence-electron chi connectivity index (χ3n) is 5.21. The number of benzene rings is 2.